The summed E-state index contributed by atoms with van der Waals surface area (Å²) in [5.41, 5.74) is -0.449. The van der Waals surface area contributed by atoms with Gasteiger partial charge in [0.2, 0.25) is 5.82 Å². The average molecular weight is 542 g/mol. The van der Waals surface area contributed by atoms with Crippen LogP contribution in [0.4, 0.5) is 13.2 Å². The zero-order valence-electron chi connectivity index (χ0n) is 20.7. The summed E-state index contributed by atoms with van der Waals surface area (Å²) in [4.78, 5) is 16.8. The molecule has 0 bridgehead atoms. The van der Waals surface area contributed by atoms with E-state index in [4.69, 9.17) is 4.52 Å². The lowest BCUT2D eigenvalue weighted by Gasteiger charge is -2.31. The molecule has 2 aromatic carbocycles. The van der Waals surface area contributed by atoms with Gasteiger partial charge in [-0.1, -0.05) is 60.5 Å². The van der Waals surface area contributed by atoms with E-state index in [-0.39, 0.29) is 41.5 Å². The Morgan fingerprint density at radius 2 is 1.82 bits per heavy atom. The largest absolute Gasteiger partial charge is 0.434 e. The summed E-state index contributed by atoms with van der Waals surface area (Å²) < 4.78 is 47.9. The Morgan fingerprint density at radius 1 is 1.10 bits per heavy atom. The van der Waals surface area contributed by atoms with Crippen molar-refractivity contribution < 1.29 is 32.7 Å². The van der Waals surface area contributed by atoms with Crippen LogP contribution < -0.4 is 5.32 Å². The minimum atomic E-state index is -4.75. The Hall–Kier alpha value is -4.03. The maximum atomic E-state index is 14.0. The second-order valence-corrected chi connectivity index (χ2v) is 9.44. The summed E-state index contributed by atoms with van der Waals surface area (Å²) in [6.45, 7) is -0.0278. The number of hydrogen-bond donors (Lipinski definition) is 3. The molecule has 1 unspecified atom stereocenters. The van der Waals surface area contributed by atoms with E-state index in [0.29, 0.717) is 11.1 Å². The number of aliphatic hydroxyl groups excluding tert-OH is 2. The molecule has 0 saturated heterocycles. The number of aliphatic hydroxyl groups is 2. The first-order valence-corrected chi connectivity index (χ1v) is 12.5. The van der Waals surface area contributed by atoms with Gasteiger partial charge in [-0.05, 0) is 30.5 Å². The van der Waals surface area contributed by atoms with Gasteiger partial charge in [0.1, 0.15) is 0 Å². The summed E-state index contributed by atoms with van der Waals surface area (Å²) in [5.74, 6) is -0.926. The number of halogens is 3. The van der Waals surface area contributed by atoms with Gasteiger partial charge in [0, 0.05) is 24.1 Å². The topological polar surface area (TPSA) is 126 Å². The summed E-state index contributed by atoms with van der Waals surface area (Å²) >= 11 is 0. The third-order valence-corrected chi connectivity index (χ3v) is 6.90. The molecule has 2 aromatic heterocycles. The number of rotatable bonds is 7. The molecular formula is C27H26F3N5O4. The van der Waals surface area contributed by atoms with Crippen molar-refractivity contribution >= 4 is 5.91 Å². The SMILES string of the molecule is O=C(N[C@@H]1CCCC[C@@H]1CO)C(O)c1ccc(-c2noc(-c3cnn(-c4ccccc4)c3C(F)(F)F)n2)cc1. The van der Waals surface area contributed by atoms with Crippen molar-refractivity contribution in [3.05, 3.63) is 72.1 Å². The first-order valence-electron chi connectivity index (χ1n) is 12.5. The van der Waals surface area contributed by atoms with E-state index in [1.807, 2.05) is 0 Å². The quantitative estimate of drug-likeness (QED) is 0.318. The van der Waals surface area contributed by atoms with Gasteiger partial charge in [-0.3, -0.25) is 4.79 Å². The summed E-state index contributed by atoms with van der Waals surface area (Å²) in [7, 11) is 0. The molecule has 2 heterocycles. The predicted molar refractivity (Wildman–Crippen MR) is 133 cm³/mol. The Labute approximate surface area is 221 Å². The van der Waals surface area contributed by atoms with Crippen molar-refractivity contribution in [3.63, 3.8) is 0 Å². The van der Waals surface area contributed by atoms with E-state index >= 15 is 0 Å². The Morgan fingerprint density at radius 3 is 2.51 bits per heavy atom. The van der Waals surface area contributed by atoms with Gasteiger partial charge in [0.25, 0.3) is 11.8 Å². The molecule has 0 aliphatic heterocycles. The highest BCUT2D eigenvalue weighted by atomic mass is 19.4. The molecule has 1 amide bonds. The predicted octanol–water partition coefficient (Wildman–Crippen LogP) is 4.31. The Bertz CT molecular complexity index is 1420. The lowest BCUT2D eigenvalue weighted by molar-refractivity contribution is -0.142. The average Bonchev–Trinajstić information content (AvgIpc) is 3.61. The van der Waals surface area contributed by atoms with Crippen molar-refractivity contribution in [3.8, 4) is 28.5 Å². The second kappa shape index (κ2) is 11.0. The molecule has 3 atom stereocenters. The van der Waals surface area contributed by atoms with E-state index in [2.05, 4.69) is 20.6 Å². The molecule has 5 rings (SSSR count). The van der Waals surface area contributed by atoms with Crippen LogP contribution >= 0.6 is 0 Å². The molecule has 0 radical (unpaired) electrons. The lowest BCUT2D eigenvalue weighted by Crippen LogP contribution is -2.45. The van der Waals surface area contributed by atoms with Crippen LogP contribution in [0.1, 0.15) is 43.0 Å². The summed E-state index contributed by atoms with van der Waals surface area (Å²) in [6, 6.07) is 13.8. The van der Waals surface area contributed by atoms with Crippen LogP contribution in [0.15, 0.2) is 65.3 Å². The van der Waals surface area contributed by atoms with Gasteiger partial charge in [-0.15, -0.1) is 0 Å². The third kappa shape index (κ3) is 5.57. The maximum absolute atomic E-state index is 14.0. The van der Waals surface area contributed by atoms with Crippen molar-refractivity contribution in [1.29, 1.82) is 0 Å². The minimum absolute atomic E-state index is 0.0278. The van der Waals surface area contributed by atoms with Crippen LogP contribution in [0, 0.1) is 5.92 Å². The van der Waals surface area contributed by atoms with E-state index in [1.54, 1.807) is 18.2 Å². The molecule has 1 aliphatic rings. The highest BCUT2D eigenvalue weighted by Crippen LogP contribution is 2.38. The number of para-hydroxylation sites is 1. The van der Waals surface area contributed by atoms with Crippen LogP contribution in [0.3, 0.4) is 0 Å². The van der Waals surface area contributed by atoms with E-state index < -0.39 is 23.9 Å². The fraction of sp³-hybridized carbons (Fsp3) is 0.333. The number of alkyl halides is 3. The zero-order valence-corrected chi connectivity index (χ0v) is 20.7. The van der Waals surface area contributed by atoms with Gasteiger partial charge >= 0.3 is 6.18 Å². The molecule has 39 heavy (non-hydrogen) atoms. The summed E-state index contributed by atoms with van der Waals surface area (Å²) in [6.07, 6.45) is -1.66. The highest BCUT2D eigenvalue weighted by molar-refractivity contribution is 5.82. The fourth-order valence-electron chi connectivity index (χ4n) is 4.84. The number of hydrogen-bond acceptors (Lipinski definition) is 7. The number of benzene rings is 2. The van der Waals surface area contributed by atoms with Gasteiger partial charge in [-0.25, -0.2) is 4.68 Å². The molecule has 9 nitrogen and oxygen atoms in total. The molecule has 3 N–H and O–H groups in total. The molecule has 1 saturated carbocycles. The van der Waals surface area contributed by atoms with Crippen LogP contribution in [0.2, 0.25) is 0 Å². The van der Waals surface area contributed by atoms with Crippen molar-refractivity contribution in [2.75, 3.05) is 6.61 Å². The standard InChI is InChI=1S/C27H26F3N5O4/c28-27(29,30)23-20(14-31-35(23)19-7-2-1-3-8-19)26-33-24(34-39-26)17-12-10-16(11-13-17)22(37)25(38)32-21-9-5-4-6-18(21)15-36/h1-3,7-8,10-14,18,21-22,36-37H,4-6,9,15H2,(H,32,38)/t18-,21-,22?/m1/s1. The first-order chi connectivity index (χ1) is 18.8. The van der Waals surface area contributed by atoms with E-state index in [1.165, 1.54) is 36.4 Å². The van der Waals surface area contributed by atoms with Crippen molar-refractivity contribution in [2.24, 2.45) is 5.92 Å². The van der Waals surface area contributed by atoms with Gasteiger partial charge in [-0.2, -0.15) is 23.3 Å². The van der Waals surface area contributed by atoms with Crippen LogP contribution in [0.25, 0.3) is 28.5 Å². The van der Waals surface area contributed by atoms with E-state index in [9.17, 15) is 28.2 Å². The monoisotopic (exact) mass is 541 g/mol. The first kappa shape index (κ1) is 26.6. The smallest absolute Gasteiger partial charge is 0.396 e. The number of aromatic nitrogens is 4. The number of nitrogens with one attached hydrogen (secondary N) is 1. The number of carbonyl (C=O) groups is 1. The second-order valence-electron chi connectivity index (χ2n) is 9.44. The van der Waals surface area contributed by atoms with Crippen LogP contribution in [-0.2, 0) is 11.0 Å². The van der Waals surface area contributed by atoms with Gasteiger partial charge in [0.05, 0.1) is 17.4 Å². The molecule has 0 spiro atoms. The molecule has 4 aromatic rings. The van der Waals surface area contributed by atoms with Crippen LogP contribution in [-0.4, -0.2) is 48.7 Å². The number of amides is 1. The fourth-order valence-corrected chi connectivity index (χ4v) is 4.84. The van der Waals surface area contributed by atoms with Crippen molar-refractivity contribution in [1.82, 2.24) is 25.2 Å². The maximum Gasteiger partial charge on any atom is 0.434 e. The van der Waals surface area contributed by atoms with Crippen LogP contribution in [0.5, 0.6) is 0 Å². The third-order valence-electron chi connectivity index (χ3n) is 6.90. The zero-order chi connectivity index (χ0) is 27.6. The summed E-state index contributed by atoms with van der Waals surface area (Å²) in [5, 5.41) is 30.7. The van der Waals surface area contributed by atoms with Gasteiger partial charge in [0.15, 0.2) is 11.8 Å². The number of carbonyl (C=O) groups excluding carboxylic acids is 1. The minimum Gasteiger partial charge on any atom is -0.396 e. The molecule has 1 aliphatic carbocycles. The van der Waals surface area contributed by atoms with Gasteiger partial charge < -0.3 is 20.1 Å². The Kier molecular flexibility index (Phi) is 7.49. The number of nitrogens with zero attached hydrogens (tertiary/aromatic N) is 4. The lowest BCUT2D eigenvalue weighted by atomic mass is 9.85. The molecule has 1 fully saturated rings. The normalized spacial score (nSPS) is 18.6. The highest BCUT2D eigenvalue weighted by Gasteiger charge is 2.40. The molecule has 12 heteroatoms. The Balaban J connectivity index is 1.34. The molecule has 204 valence electrons. The molecular weight excluding hydrogens is 515 g/mol. The van der Waals surface area contributed by atoms with Crippen molar-refractivity contribution in [2.45, 2.75) is 44.0 Å². The van der Waals surface area contributed by atoms with E-state index in [0.717, 1.165) is 36.6 Å².